The van der Waals surface area contributed by atoms with Crippen LogP contribution in [-0.4, -0.2) is 32.3 Å². The lowest BCUT2D eigenvalue weighted by atomic mass is 10.2. The lowest BCUT2D eigenvalue weighted by Gasteiger charge is -2.11. The molecule has 1 aliphatic rings. The minimum Gasteiger partial charge on any atom is -0.490 e. The number of nitrogens with one attached hydrogen (secondary N) is 2. The number of ether oxygens (including phenoxy) is 2. The molecule has 1 heterocycles. The Morgan fingerprint density at radius 2 is 1.95 bits per heavy atom. The van der Waals surface area contributed by atoms with Crippen molar-refractivity contribution in [1.82, 2.24) is 10.6 Å². The van der Waals surface area contributed by atoms with Gasteiger partial charge in [-0.2, -0.15) is 0 Å². The van der Waals surface area contributed by atoms with Gasteiger partial charge in [-0.1, -0.05) is 13.0 Å². The average Bonchev–Trinajstić information content (AvgIpc) is 2.74. The normalized spacial score (nSPS) is 14.5. The van der Waals surface area contributed by atoms with Crippen LogP contribution in [0.4, 0.5) is 0 Å². The highest BCUT2D eigenvalue weighted by atomic mass is 16.5. The number of rotatable bonds is 5. The van der Waals surface area contributed by atoms with Gasteiger partial charge in [0.05, 0.1) is 19.8 Å². The first kappa shape index (κ1) is 15.5. The second-order valence-electron chi connectivity index (χ2n) is 4.95. The van der Waals surface area contributed by atoms with E-state index in [0.29, 0.717) is 13.2 Å². The van der Waals surface area contributed by atoms with Crippen molar-refractivity contribution in [2.75, 3.05) is 26.3 Å². The summed E-state index contributed by atoms with van der Waals surface area (Å²) in [7, 11) is 0. The van der Waals surface area contributed by atoms with E-state index in [1.165, 1.54) is 0 Å². The molecule has 2 rings (SSSR count). The Morgan fingerprint density at radius 1 is 1.14 bits per heavy atom. The van der Waals surface area contributed by atoms with Crippen LogP contribution in [0.5, 0.6) is 11.5 Å². The molecule has 1 aliphatic heterocycles. The molecule has 0 fully saturated rings. The van der Waals surface area contributed by atoms with Crippen molar-refractivity contribution in [3.05, 3.63) is 23.8 Å². The molecule has 0 radical (unpaired) electrons. The minimum absolute atomic E-state index is 0.621. The van der Waals surface area contributed by atoms with E-state index >= 15 is 0 Å². The largest absolute Gasteiger partial charge is 0.490 e. The number of fused-ring (bicyclic) bond motifs is 1. The molecule has 0 unspecified atom stereocenters. The van der Waals surface area contributed by atoms with Gasteiger partial charge >= 0.3 is 0 Å². The van der Waals surface area contributed by atoms with Crippen molar-refractivity contribution >= 4 is 5.96 Å². The summed E-state index contributed by atoms with van der Waals surface area (Å²) in [4.78, 5) is 4.59. The number of hydrogen-bond acceptors (Lipinski definition) is 3. The first-order valence-corrected chi connectivity index (χ1v) is 7.74. The first-order valence-electron chi connectivity index (χ1n) is 7.74. The van der Waals surface area contributed by atoms with Crippen LogP contribution in [0, 0.1) is 0 Å². The Labute approximate surface area is 126 Å². The maximum Gasteiger partial charge on any atom is 0.191 e. The van der Waals surface area contributed by atoms with Gasteiger partial charge < -0.3 is 20.1 Å². The van der Waals surface area contributed by atoms with Crippen LogP contribution in [0.25, 0.3) is 0 Å². The van der Waals surface area contributed by atoms with Crippen LogP contribution in [-0.2, 0) is 6.54 Å². The zero-order valence-electron chi connectivity index (χ0n) is 12.9. The number of hydrogen-bond donors (Lipinski definition) is 2. The molecule has 5 nitrogen and oxygen atoms in total. The zero-order chi connectivity index (χ0) is 14.9. The Morgan fingerprint density at radius 3 is 2.71 bits per heavy atom. The summed E-state index contributed by atoms with van der Waals surface area (Å²) in [5, 5.41) is 6.54. The Bertz CT molecular complexity index is 475. The van der Waals surface area contributed by atoms with Crippen LogP contribution < -0.4 is 20.1 Å². The maximum atomic E-state index is 5.70. The Kier molecular flexibility index (Phi) is 6.19. The highest BCUT2D eigenvalue weighted by Gasteiger charge is 2.10. The molecule has 0 aliphatic carbocycles. The van der Waals surface area contributed by atoms with E-state index in [1.807, 2.05) is 18.2 Å². The fourth-order valence-electron chi connectivity index (χ4n) is 2.06. The number of guanidine groups is 1. The van der Waals surface area contributed by atoms with Crippen molar-refractivity contribution in [1.29, 1.82) is 0 Å². The van der Waals surface area contributed by atoms with Crippen LogP contribution in [0.2, 0.25) is 0 Å². The third-order valence-electron chi connectivity index (χ3n) is 3.12. The van der Waals surface area contributed by atoms with Gasteiger partial charge in [-0.25, -0.2) is 4.99 Å². The van der Waals surface area contributed by atoms with Crippen molar-refractivity contribution in [3.8, 4) is 11.5 Å². The Balaban J connectivity index is 2.02. The van der Waals surface area contributed by atoms with E-state index in [0.717, 1.165) is 55.6 Å². The van der Waals surface area contributed by atoms with Gasteiger partial charge in [-0.15, -0.1) is 0 Å². The summed E-state index contributed by atoms with van der Waals surface area (Å²) in [6.07, 6.45) is 2.00. The lowest BCUT2D eigenvalue weighted by Crippen LogP contribution is -2.37. The highest BCUT2D eigenvalue weighted by molar-refractivity contribution is 5.79. The third-order valence-corrected chi connectivity index (χ3v) is 3.12. The summed E-state index contributed by atoms with van der Waals surface area (Å²) >= 11 is 0. The van der Waals surface area contributed by atoms with Crippen LogP contribution in [0.15, 0.2) is 23.2 Å². The summed E-state index contributed by atoms with van der Waals surface area (Å²) in [6, 6.07) is 6.03. The fraction of sp³-hybridized carbons (Fsp3) is 0.562. The van der Waals surface area contributed by atoms with Gasteiger partial charge in [-0.05, 0) is 31.0 Å². The molecule has 0 saturated carbocycles. The predicted molar refractivity (Wildman–Crippen MR) is 85.2 cm³/mol. The molecule has 5 heteroatoms. The molecular weight excluding hydrogens is 266 g/mol. The van der Waals surface area contributed by atoms with E-state index in [1.54, 1.807) is 0 Å². The van der Waals surface area contributed by atoms with Gasteiger partial charge in [0.2, 0.25) is 0 Å². The van der Waals surface area contributed by atoms with Crippen molar-refractivity contribution in [3.63, 3.8) is 0 Å². The highest BCUT2D eigenvalue weighted by Crippen LogP contribution is 2.30. The fourth-order valence-corrected chi connectivity index (χ4v) is 2.06. The van der Waals surface area contributed by atoms with E-state index in [9.17, 15) is 0 Å². The summed E-state index contributed by atoms with van der Waals surface area (Å²) in [5.41, 5.74) is 1.12. The van der Waals surface area contributed by atoms with E-state index < -0.39 is 0 Å². The van der Waals surface area contributed by atoms with Crippen molar-refractivity contribution < 1.29 is 9.47 Å². The van der Waals surface area contributed by atoms with Crippen LogP contribution in [0.3, 0.4) is 0 Å². The topological polar surface area (TPSA) is 54.9 Å². The summed E-state index contributed by atoms with van der Waals surface area (Å²) < 4.78 is 11.3. The number of benzene rings is 1. The summed E-state index contributed by atoms with van der Waals surface area (Å²) in [5.74, 6) is 2.51. The van der Waals surface area contributed by atoms with Gasteiger partial charge in [0.15, 0.2) is 17.5 Å². The van der Waals surface area contributed by atoms with Crippen LogP contribution in [0.1, 0.15) is 32.3 Å². The van der Waals surface area contributed by atoms with Gasteiger partial charge in [-0.3, -0.25) is 0 Å². The van der Waals surface area contributed by atoms with Crippen LogP contribution >= 0.6 is 0 Å². The van der Waals surface area contributed by atoms with Gasteiger partial charge in [0.25, 0.3) is 0 Å². The predicted octanol–water partition coefficient (Wildman–Crippen LogP) is 2.31. The second-order valence-corrected chi connectivity index (χ2v) is 4.95. The molecule has 21 heavy (non-hydrogen) atoms. The quantitative estimate of drug-likeness (QED) is 0.646. The molecule has 2 N–H and O–H groups in total. The minimum atomic E-state index is 0.621. The molecule has 116 valence electrons. The summed E-state index contributed by atoms with van der Waals surface area (Å²) in [6.45, 7) is 8.03. The zero-order valence-corrected chi connectivity index (χ0v) is 12.9. The second kappa shape index (κ2) is 8.39. The first-order chi connectivity index (χ1) is 10.3. The molecular formula is C16H25N3O2. The van der Waals surface area contributed by atoms with Crippen molar-refractivity contribution in [2.45, 2.75) is 33.2 Å². The number of nitrogens with zero attached hydrogens (tertiary/aromatic N) is 1. The van der Waals surface area contributed by atoms with E-state index in [4.69, 9.17) is 9.47 Å². The molecule has 0 spiro atoms. The van der Waals surface area contributed by atoms with Gasteiger partial charge in [0, 0.05) is 19.5 Å². The molecule has 0 atom stereocenters. The SMILES string of the molecule is CCCNC(=NCc1ccc2c(c1)OCCCO2)NCC. The molecule has 0 bridgehead atoms. The molecule has 1 aromatic carbocycles. The molecule has 1 aromatic rings. The smallest absolute Gasteiger partial charge is 0.191 e. The Hall–Kier alpha value is -1.91. The average molecular weight is 291 g/mol. The van der Waals surface area contributed by atoms with E-state index in [2.05, 4.69) is 29.5 Å². The van der Waals surface area contributed by atoms with Gasteiger partial charge in [0.1, 0.15) is 0 Å². The standard InChI is InChI=1S/C16H25N3O2/c1-3-8-18-16(17-4-2)19-12-13-6-7-14-15(11-13)21-10-5-9-20-14/h6-7,11H,3-5,8-10,12H2,1-2H3,(H2,17,18,19). The third kappa shape index (κ3) is 4.85. The maximum absolute atomic E-state index is 5.70. The van der Waals surface area contributed by atoms with E-state index in [-0.39, 0.29) is 0 Å². The number of aliphatic imine (C=N–C) groups is 1. The molecule has 0 saturated heterocycles. The monoisotopic (exact) mass is 291 g/mol. The molecule has 0 amide bonds. The van der Waals surface area contributed by atoms with Crippen molar-refractivity contribution in [2.24, 2.45) is 4.99 Å². The molecule has 0 aromatic heterocycles. The lowest BCUT2D eigenvalue weighted by molar-refractivity contribution is 0.297.